The Morgan fingerprint density at radius 1 is 1.50 bits per heavy atom. The first-order chi connectivity index (χ1) is 6.65. The van der Waals surface area contributed by atoms with Crippen molar-refractivity contribution in [3.63, 3.8) is 0 Å². The predicted octanol–water partition coefficient (Wildman–Crippen LogP) is 2.94. The van der Waals surface area contributed by atoms with Crippen molar-refractivity contribution in [2.45, 2.75) is 32.9 Å². The number of aromatic nitrogens is 1. The molecule has 80 valence electrons. The Labute approximate surface area is 82.9 Å². The maximum Gasteiger partial charge on any atom is 0.318 e. The minimum absolute atomic E-state index is 0.134. The van der Waals surface area contributed by atoms with Gasteiger partial charge >= 0.3 is 6.55 Å². The third kappa shape index (κ3) is 2.80. The first-order valence-electron chi connectivity index (χ1n) is 4.84. The van der Waals surface area contributed by atoms with Crippen molar-refractivity contribution in [2.75, 3.05) is 6.54 Å². The van der Waals surface area contributed by atoms with Crippen LogP contribution in [-0.4, -0.2) is 11.1 Å². The van der Waals surface area contributed by atoms with Crippen LogP contribution in [0.4, 0.5) is 8.78 Å². The Hall–Kier alpha value is -0.900. The summed E-state index contributed by atoms with van der Waals surface area (Å²) < 4.78 is 25.4. The minimum Gasteiger partial charge on any atom is -0.310 e. The molecule has 2 nitrogen and oxygen atoms in total. The summed E-state index contributed by atoms with van der Waals surface area (Å²) in [7, 11) is 0. The zero-order valence-electron chi connectivity index (χ0n) is 8.50. The summed E-state index contributed by atoms with van der Waals surface area (Å²) in [5.74, 6) is 0. The fraction of sp³-hybridized carbons (Fsp3) is 0.600. The molecule has 0 aliphatic carbocycles. The van der Waals surface area contributed by atoms with E-state index in [1.54, 1.807) is 6.07 Å². The quantitative estimate of drug-likeness (QED) is 0.776. The zero-order chi connectivity index (χ0) is 10.6. The van der Waals surface area contributed by atoms with E-state index in [-0.39, 0.29) is 6.04 Å². The number of rotatable bonds is 5. The van der Waals surface area contributed by atoms with Gasteiger partial charge in [-0.2, -0.15) is 8.78 Å². The lowest BCUT2D eigenvalue weighted by Crippen LogP contribution is -2.18. The summed E-state index contributed by atoms with van der Waals surface area (Å²) >= 11 is 0. The molecule has 0 radical (unpaired) electrons. The Kier molecular flexibility index (Phi) is 4.07. The maximum absolute atomic E-state index is 12.2. The summed E-state index contributed by atoms with van der Waals surface area (Å²) in [6, 6.07) is 1.86. The van der Waals surface area contributed by atoms with Crippen LogP contribution in [0.25, 0.3) is 0 Å². The first-order valence-corrected chi connectivity index (χ1v) is 4.84. The Morgan fingerprint density at radius 3 is 2.71 bits per heavy atom. The van der Waals surface area contributed by atoms with Gasteiger partial charge in [-0.25, -0.2) is 0 Å². The fourth-order valence-corrected chi connectivity index (χ4v) is 1.29. The Bertz CT molecular complexity index is 271. The van der Waals surface area contributed by atoms with Crippen molar-refractivity contribution < 1.29 is 8.78 Å². The molecule has 0 bridgehead atoms. The van der Waals surface area contributed by atoms with E-state index >= 15 is 0 Å². The number of alkyl halides is 2. The van der Waals surface area contributed by atoms with Gasteiger partial charge in [0, 0.05) is 18.4 Å². The van der Waals surface area contributed by atoms with E-state index < -0.39 is 6.55 Å². The Balaban J connectivity index is 2.57. The molecule has 1 unspecified atom stereocenters. The standard InChI is InChI=1S/C10H16F2N2/c1-3-5-13-8(2)9-4-6-14(7-9)10(11)12/h4,6-8,10,13H,3,5H2,1-2H3. The minimum atomic E-state index is -2.44. The monoisotopic (exact) mass is 202 g/mol. The third-order valence-corrected chi connectivity index (χ3v) is 2.16. The van der Waals surface area contributed by atoms with E-state index in [0.29, 0.717) is 0 Å². The van der Waals surface area contributed by atoms with E-state index in [1.165, 1.54) is 12.4 Å². The highest BCUT2D eigenvalue weighted by atomic mass is 19.3. The second-order valence-electron chi connectivity index (χ2n) is 3.35. The molecule has 1 aromatic heterocycles. The molecule has 0 spiro atoms. The molecule has 0 saturated heterocycles. The highest BCUT2D eigenvalue weighted by Crippen LogP contribution is 2.17. The van der Waals surface area contributed by atoms with Crippen LogP contribution in [0.1, 0.15) is 38.4 Å². The maximum atomic E-state index is 12.2. The fourth-order valence-electron chi connectivity index (χ4n) is 1.29. The predicted molar refractivity (Wildman–Crippen MR) is 52.4 cm³/mol. The van der Waals surface area contributed by atoms with E-state index in [9.17, 15) is 8.78 Å². The molecule has 1 atom stereocenters. The van der Waals surface area contributed by atoms with Gasteiger partial charge < -0.3 is 5.32 Å². The number of hydrogen-bond acceptors (Lipinski definition) is 1. The van der Waals surface area contributed by atoms with Crippen LogP contribution in [0.3, 0.4) is 0 Å². The van der Waals surface area contributed by atoms with Gasteiger partial charge in [0.1, 0.15) is 0 Å². The van der Waals surface area contributed by atoms with E-state index in [2.05, 4.69) is 12.2 Å². The summed E-state index contributed by atoms with van der Waals surface area (Å²) in [6.07, 6.45) is 3.93. The van der Waals surface area contributed by atoms with Crippen molar-refractivity contribution in [3.05, 3.63) is 24.0 Å². The SMILES string of the molecule is CCCNC(C)c1ccn(C(F)F)c1. The van der Waals surface area contributed by atoms with Crippen molar-refractivity contribution in [1.82, 2.24) is 9.88 Å². The van der Waals surface area contributed by atoms with Crippen LogP contribution in [0.15, 0.2) is 18.5 Å². The molecule has 4 heteroatoms. The van der Waals surface area contributed by atoms with Crippen molar-refractivity contribution in [3.8, 4) is 0 Å². The largest absolute Gasteiger partial charge is 0.318 e. The Morgan fingerprint density at radius 2 is 2.21 bits per heavy atom. The average Bonchev–Trinajstić information content (AvgIpc) is 2.62. The third-order valence-electron chi connectivity index (χ3n) is 2.16. The summed E-state index contributed by atoms with van der Waals surface area (Å²) in [5.41, 5.74) is 0.902. The molecular formula is C10H16F2N2. The second kappa shape index (κ2) is 5.10. The molecule has 1 heterocycles. The van der Waals surface area contributed by atoms with Gasteiger partial charge in [0.25, 0.3) is 0 Å². The number of hydrogen-bond donors (Lipinski definition) is 1. The zero-order valence-corrected chi connectivity index (χ0v) is 8.50. The van der Waals surface area contributed by atoms with E-state index in [1.807, 2.05) is 6.92 Å². The molecule has 1 rings (SSSR count). The average molecular weight is 202 g/mol. The van der Waals surface area contributed by atoms with E-state index in [4.69, 9.17) is 0 Å². The lowest BCUT2D eigenvalue weighted by molar-refractivity contribution is 0.0705. The van der Waals surface area contributed by atoms with Crippen LogP contribution in [-0.2, 0) is 0 Å². The van der Waals surface area contributed by atoms with Crippen molar-refractivity contribution >= 4 is 0 Å². The van der Waals surface area contributed by atoms with E-state index in [0.717, 1.165) is 23.1 Å². The molecule has 1 N–H and O–H groups in total. The normalized spacial score (nSPS) is 13.5. The molecule has 0 saturated carbocycles. The molecule has 0 aliphatic heterocycles. The summed E-state index contributed by atoms with van der Waals surface area (Å²) in [5, 5.41) is 3.24. The highest BCUT2D eigenvalue weighted by Gasteiger charge is 2.09. The molecular weight excluding hydrogens is 186 g/mol. The van der Waals surface area contributed by atoms with Crippen LogP contribution in [0.5, 0.6) is 0 Å². The first kappa shape index (κ1) is 11.2. The molecule has 0 fully saturated rings. The second-order valence-corrected chi connectivity index (χ2v) is 3.35. The van der Waals surface area contributed by atoms with Gasteiger partial charge in [0.15, 0.2) is 0 Å². The highest BCUT2D eigenvalue weighted by molar-refractivity contribution is 5.14. The molecule has 0 aromatic carbocycles. The molecule has 1 aromatic rings. The van der Waals surface area contributed by atoms with Gasteiger partial charge in [0.2, 0.25) is 0 Å². The van der Waals surface area contributed by atoms with Gasteiger partial charge in [0.05, 0.1) is 0 Å². The van der Waals surface area contributed by atoms with Crippen molar-refractivity contribution in [1.29, 1.82) is 0 Å². The topological polar surface area (TPSA) is 17.0 Å². The lowest BCUT2D eigenvalue weighted by atomic mass is 10.2. The summed E-state index contributed by atoms with van der Waals surface area (Å²) in [4.78, 5) is 0. The van der Waals surface area contributed by atoms with Crippen LogP contribution < -0.4 is 5.32 Å². The van der Waals surface area contributed by atoms with Crippen LogP contribution in [0, 0.1) is 0 Å². The van der Waals surface area contributed by atoms with Gasteiger partial charge in [-0.05, 0) is 31.5 Å². The van der Waals surface area contributed by atoms with Crippen LogP contribution in [0.2, 0.25) is 0 Å². The van der Waals surface area contributed by atoms with Gasteiger partial charge in [-0.3, -0.25) is 4.57 Å². The van der Waals surface area contributed by atoms with Gasteiger partial charge in [-0.1, -0.05) is 6.92 Å². The molecule has 14 heavy (non-hydrogen) atoms. The molecule has 0 amide bonds. The van der Waals surface area contributed by atoms with Gasteiger partial charge in [-0.15, -0.1) is 0 Å². The van der Waals surface area contributed by atoms with Crippen LogP contribution >= 0.6 is 0 Å². The molecule has 0 aliphatic rings. The van der Waals surface area contributed by atoms with Crippen molar-refractivity contribution in [2.24, 2.45) is 0 Å². The number of halogens is 2. The smallest absolute Gasteiger partial charge is 0.310 e. The number of nitrogens with one attached hydrogen (secondary N) is 1. The summed E-state index contributed by atoms with van der Waals surface area (Å²) in [6.45, 7) is 2.51. The lowest BCUT2D eigenvalue weighted by Gasteiger charge is -2.10. The number of nitrogens with zero attached hydrogens (tertiary/aromatic N) is 1.